The first-order chi connectivity index (χ1) is 5.72. The van der Waals surface area contributed by atoms with Crippen LogP contribution in [0.25, 0.3) is 0 Å². The van der Waals surface area contributed by atoms with Crippen LogP contribution in [0.3, 0.4) is 0 Å². The zero-order valence-corrected chi connectivity index (χ0v) is 7.94. The van der Waals surface area contributed by atoms with Crippen LogP contribution in [0.2, 0.25) is 0 Å². The lowest BCUT2D eigenvalue weighted by Gasteiger charge is -2.27. The third-order valence-electron chi connectivity index (χ3n) is 2.87. The van der Waals surface area contributed by atoms with Crippen molar-refractivity contribution in [2.24, 2.45) is 0 Å². The van der Waals surface area contributed by atoms with Gasteiger partial charge in [0, 0.05) is 19.0 Å². The number of rotatable bonds is 3. The maximum atomic E-state index is 11.2. The Balaban J connectivity index is 2.49. The van der Waals surface area contributed by atoms with E-state index in [1.54, 1.807) is 7.05 Å². The molecule has 1 aliphatic carbocycles. The van der Waals surface area contributed by atoms with Gasteiger partial charge >= 0.3 is 0 Å². The van der Waals surface area contributed by atoms with Crippen molar-refractivity contribution in [3.05, 3.63) is 0 Å². The Hall–Kier alpha value is -0.570. The molecule has 0 spiro atoms. The quantitative estimate of drug-likeness (QED) is 0.653. The van der Waals surface area contributed by atoms with Crippen molar-refractivity contribution in [1.29, 1.82) is 0 Å². The second-order valence-electron chi connectivity index (χ2n) is 3.59. The molecule has 0 aromatic heterocycles. The van der Waals surface area contributed by atoms with Crippen LogP contribution < -0.4 is 10.6 Å². The van der Waals surface area contributed by atoms with Crippen LogP contribution in [-0.4, -0.2) is 25.5 Å². The molecule has 3 heteroatoms. The SMILES string of the molecule is CNC(=O)CC1(NC)CCCC1. The minimum atomic E-state index is 0.0973. The van der Waals surface area contributed by atoms with Crippen LogP contribution >= 0.6 is 0 Å². The molecule has 0 heterocycles. The van der Waals surface area contributed by atoms with E-state index in [4.69, 9.17) is 0 Å². The van der Waals surface area contributed by atoms with Gasteiger partial charge in [-0.25, -0.2) is 0 Å². The zero-order chi connectivity index (χ0) is 9.03. The predicted molar refractivity (Wildman–Crippen MR) is 48.9 cm³/mol. The largest absolute Gasteiger partial charge is 0.359 e. The summed E-state index contributed by atoms with van der Waals surface area (Å²) >= 11 is 0. The van der Waals surface area contributed by atoms with E-state index in [1.165, 1.54) is 12.8 Å². The van der Waals surface area contributed by atoms with Gasteiger partial charge in [0.05, 0.1) is 0 Å². The lowest BCUT2D eigenvalue weighted by Crippen LogP contribution is -2.44. The molecule has 70 valence electrons. The van der Waals surface area contributed by atoms with Gasteiger partial charge in [-0.2, -0.15) is 0 Å². The molecule has 0 unspecified atom stereocenters. The lowest BCUT2D eigenvalue weighted by molar-refractivity contribution is -0.122. The first-order valence-electron chi connectivity index (χ1n) is 4.62. The van der Waals surface area contributed by atoms with Gasteiger partial charge in [0.15, 0.2) is 0 Å². The summed E-state index contributed by atoms with van der Waals surface area (Å²) in [5, 5.41) is 5.95. The Labute approximate surface area is 73.9 Å². The highest BCUT2D eigenvalue weighted by atomic mass is 16.1. The molecule has 1 rings (SSSR count). The summed E-state index contributed by atoms with van der Waals surface area (Å²) in [6, 6.07) is 0. The normalized spacial score (nSPS) is 20.8. The van der Waals surface area contributed by atoms with E-state index in [1.807, 2.05) is 7.05 Å². The van der Waals surface area contributed by atoms with Crippen LogP contribution in [-0.2, 0) is 4.79 Å². The molecule has 0 aliphatic heterocycles. The Bertz CT molecular complexity index is 162. The van der Waals surface area contributed by atoms with Crippen LogP contribution in [0.5, 0.6) is 0 Å². The summed E-state index contributed by atoms with van der Waals surface area (Å²) in [6.07, 6.45) is 5.39. The predicted octanol–water partition coefficient (Wildman–Crippen LogP) is 0.655. The zero-order valence-electron chi connectivity index (χ0n) is 7.94. The van der Waals surface area contributed by atoms with E-state index in [0.717, 1.165) is 12.8 Å². The van der Waals surface area contributed by atoms with Gasteiger partial charge in [-0.1, -0.05) is 12.8 Å². The van der Waals surface area contributed by atoms with Crippen molar-refractivity contribution in [1.82, 2.24) is 10.6 Å². The average molecular weight is 170 g/mol. The molecule has 0 aromatic rings. The Kier molecular flexibility index (Phi) is 3.09. The highest BCUT2D eigenvalue weighted by Crippen LogP contribution is 2.31. The maximum Gasteiger partial charge on any atom is 0.221 e. The number of carbonyl (C=O) groups is 1. The van der Waals surface area contributed by atoms with Gasteiger partial charge < -0.3 is 10.6 Å². The minimum absolute atomic E-state index is 0.0973. The maximum absolute atomic E-state index is 11.2. The second-order valence-corrected chi connectivity index (χ2v) is 3.59. The molecule has 1 aliphatic rings. The van der Waals surface area contributed by atoms with E-state index in [9.17, 15) is 4.79 Å². The van der Waals surface area contributed by atoms with Crippen LogP contribution in [0.4, 0.5) is 0 Å². The average Bonchev–Trinajstić information content (AvgIpc) is 2.54. The topological polar surface area (TPSA) is 41.1 Å². The van der Waals surface area contributed by atoms with Crippen molar-refractivity contribution in [3.8, 4) is 0 Å². The summed E-state index contributed by atoms with van der Waals surface area (Å²) in [4.78, 5) is 11.2. The van der Waals surface area contributed by atoms with Crippen LogP contribution in [0.1, 0.15) is 32.1 Å². The summed E-state index contributed by atoms with van der Waals surface area (Å²) in [5.41, 5.74) is 0.0973. The fraction of sp³-hybridized carbons (Fsp3) is 0.889. The summed E-state index contributed by atoms with van der Waals surface area (Å²) in [5.74, 6) is 0.145. The molecule has 0 aromatic carbocycles. The molecule has 1 fully saturated rings. The Morgan fingerprint density at radius 2 is 1.92 bits per heavy atom. The molecule has 1 saturated carbocycles. The molecule has 0 radical (unpaired) electrons. The molecule has 12 heavy (non-hydrogen) atoms. The molecule has 0 bridgehead atoms. The molecule has 3 nitrogen and oxygen atoms in total. The van der Waals surface area contributed by atoms with Crippen LogP contribution in [0.15, 0.2) is 0 Å². The molecule has 0 atom stereocenters. The molecule has 2 N–H and O–H groups in total. The van der Waals surface area contributed by atoms with Crippen molar-refractivity contribution in [2.75, 3.05) is 14.1 Å². The summed E-state index contributed by atoms with van der Waals surface area (Å²) in [6.45, 7) is 0. The van der Waals surface area contributed by atoms with Gasteiger partial charge in [-0.3, -0.25) is 4.79 Å². The van der Waals surface area contributed by atoms with Crippen LogP contribution in [0, 0.1) is 0 Å². The number of hydrogen-bond acceptors (Lipinski definition) is 2. The first-order valence-corrected chi connectivity index (χ1v) is 4.62. The molecular formula is C9H18N2O. The smallest absolute Gasteiger partial charge is 0.221 e. The Morgan fingerprint density at radius 3 is 2.33 bits per heavy atom. The fourth-order valence-corrected chi connectivity index (χ4v) is 1.96. The number of hydrogen-bond donors (Lipinski definition) is 2. The third kappa shape index (κ3) is 1.97. The molecule has 0 saturated heterocycles. The number of carbonyl (C=O) groups excluding carboxylic acids is 1. The van der Waals surface area contributed by atoms with Gasteiger partial charge in [-0.15, -0.1) is 0 Å². The van der Waals surface area contributed by atoms with E-state index >= 15 is 0 Å². The van der Waals surface area contributed by atoms with E-state index in [-0.39, 0.29) is 11.4 Å². The lowest BCUT2D eigenvalue weighted by atomic mass is 9.93. The van der Waals surface area contributed by atoms with E-state index < -0.39 is 0 Å². The van der Waals surface area contributed by atoms with Gasteiger partial charge in [-0.05, 0) is 19.9 Å². The van der Waals surface area contributed by atoms with Gasteiger partial charge in [0.1, 0.15) is 0 Å². The molecular weight excluding hydrogens is 152 g/mol. The van der Waals surface area contributed by atoms with Gasteiger partial charge in [0.2, 0.25) is 5.91 Å². The second kappa shape index (κ2) is 3.90. The Morgan fingerprint density at radius 1 is 1.33 bits per heavy atom. The van der Waals surface area contributed by atoms with E-state index in [2.05, 4.69) is 10.6 Å². The number of nitrogens with one attached hydrogen (secondary N) is 2. The molecule has 1 amide bonds. The third-order valence-corrected chi connectivity index (χ3v) is 2.87. The summed E-state index contributed by atoms with van der Waals surface area (Å²) < 4.78 is 0. The van der Waals surface area contributed by atoms with Crippen molar-refractivity contribution >= 4 is 5.91 Å². The first kappa shape index (κ1) is 9.52. The van der Waals surface area contributed by atoms with Crippen molar-refractivity contribution in [3.63, 3.8) is 0 Å². The monoisotopic (exact) mass is 170 g/mol. The summed E-state index contributed by atoms with van der Waals surface area (Å²) in [7, 11) is 3.65. The minimum Gasteiger partial charge on any atom is -0.359 e. The van der Waals surface area contributed by atoms with Gasteiger partial charge in [0.25, 0.3) is 0 Å². The van der Waals surface area contributed by atoms with Crippen molar-refractivity contribution < 1.29 is 4.79 Å². The fourth-order valence-electron chi connectivity index (χ4n) is 1.96. The van der Waals surface area contributed by atoms with Crippen molar-refractivity contribution in [2.45, 2.75) is 37.6 Å². The number of amides is 1. The van der Waals surface area contributed by atoms with E-state index in [0.29, 0.717) is 6.42 Å². The highest BCUT2D eigenvalue weighted by Gasteiger charge is 2.33. The highest BCUT2D eigenvalue weighted by molar-refractivity contribution is 5.76. The standard InChI is InChI=1S/C9H18N2O/c1-10-8(12)7-9(11-2)5-3-4-6-9/h11H,3-7H2,1-2H3,(H,10,12).